The van der Waals surface area contributed by atoms with Gasteiger partial charge >= 0.3 is 5.97 Å². The van der Waals surface area contributed by atoms with E-state index in [0.717, 1.165) is 5.56 Å². The molecule has 0 saturated carbocycles. The molecule has 0 heterocycles. The Morgan fingerprint density at radius 1 is 1.00 bits per heavy atom. The van der Waals surface area contributed by atoms with Gasteiger partial charge < -0.3 is 10.1 Å². The lowest BCUT2D eigenvalue weighted by Gasteiger charge is -2.13. The van der Waals surface area contributed by atoms with Crippen LogP contribution in [0.4, 0.5) is 0 Å². The molecule has 0 aliphatic rings. The number of hydrogen-bond donors (Lipinski definition) is 2. The molecule has 0 bridgehead atoms. The number of amides is 1. The van der Waals surface area contributed by atoms with Gasteiger partial charge in [-0.2, -0.15) is 0 Å². The summed E-state index contributed by atoms with van der Waals surface area (Å²) in [4.78, 5) is 23.4. The van der Waals surface area contributed by atoms with Crippen LogP contribution in [0.25, 0.3) is 0 Å². The summed E-state index contributed by atoms with van der Waals surface area (Å²) in [5.74, 6) is -1.05. The first-order valence-electron chi connectivity index (χ1n) is 6.96. The van der Waals surface area contributed by atoms with Crippen LogP contribution in [-0.4, -0.2) is 11.9 Å². The summed E-state index contributed by atoms with van der Waals surface area (Å²) < 4.78 is 5.04. The fourth-order valence-corrected chi connectivity index (χ4v) is 1.88. The maximum absolute atomic E-state index is 11.7. The quantitative estimate of drug-likeness (QED) is 0.485. The molecule has 0 aliphatic heterocycles. The van der Waals surface area contributed by atoms with Crippen molar-refractivity contribution in [2.75, 3.05) is 0 Å². The minimum Gasteiger partial charge on any atom is -0.442 e. The maximum Gasteiger partial charge on any atom is 0.317 e. The second kappa shape index (κ2) is 7.95. The molecule has 5 nitrogen and oxygen atoms in total. The van der Waals surface area contributed by atoms with Gasteiger partial charge in [-0.25, -0.2) is 0 Å². The van der Waals surface area contributed by atoms with E-state index in [9.17, 15) is 9.59 Å². The molecule has 0 aromatic heterocycles. The topological polar surface area (TPSA) is 81.4 Å². The highest BCUT2D eigenvalue weighted by Gasteiger charge is 2.15. The van der Waals surface area contributed by atoms with Gasteiger partial charge in [-0.05, 0) is 5.56 Å². The van der Waals surface area contributed by atoms with Gasteiger partial charge in [0, 0.05) is 12.1 Å². The van der Waals surface area contributed by atoms with E-state index in [0.29, 0.717) is 12.1 Å². The lowest BCUT2D eigenvalue weighted by Crippen LogP contribution is -2.28. The molecule has 22 heavy (non-hydrogen) atoms. The molecular weight excluding hydrogens is 280 g/mol. The molecule has 0 aliphatic carbocycles. The Kier molecular flexibility index (Phi) is 5.68. The zero-order valence-electron chi connectivity index (χ0n) is 12.1. The SMILES string of the molecule is NC(OC(=O)CC(=O)NCc1ccccc1)c1ccccc1. The Balaban J connectivity index is 1.75. The van der Waals surface area contributed by atoms with Gasteiger partial charge in [0.2, 0.25) is 5.91 Å². The monoisotopic (exact) mass is 298 g/mol. The highest BCUT2D eigenvalue weighted by atomic mass is 16.6. The molecule has 0 saturated heterocycles. The van der Waals surface area contributed by atoms with E-state index >= 15 is 0 Å². The van der Waals surface area contributed by atoms with Crippen LogP contribution in [0.2, 0.25) is 0 Å². The molecule has 1 amide bonds. The first kappa shape index (κ1) is 15.7. The molecule has 2 rings (SSSR count). The second-order valence-electron chi connectivity index (χ2n) is 4.76. The third kappa shape index (κ3) is 5.03. The Bertz CT molecular complexity index is 614. The van der Waals surface area contributed by atoms with Crippen molar-refractivity contribution in [3.8, 4) is 0 Å². The number of benzene rings is 2. The van der Waals surface area contributed by atoms with Crippen LogP contribution in [0.3, 0.4) is 0 Å². The highest BCUT2D eigenvalue weighted by Crippen LogP contribution is 2.11. The molecule has 1 unspecified atom stereocenters. The molecule has 0 radical (unpaired) electrons. The van der Waals surface area contributed by atoms with Crippen LogP contribution in [0.1, 0.15) is 23.8 Å². The summed E-state index contributed by atoms with van der Waals surface area (Å²) in [7, 11) is 0. The maximum atomic E-state index is 11.7. The normalized spacial score (nSPS) is 11.5. The smallest absolute Gasteiger partial charge is 0.317 e. The van der Waals surface area contributed by atoms with Gasteiger partial charge in [-0.15, -0.1) is 0 Å². The number of nitrogens with two attached hydrogens (primary N) is 1. The molecule has 114 valence electrons. The van der Waals surface area contributed by atoms with Crippen molar-refractivity contribution < 1.29 is 14.3 Å². The van der Waals surface area contributed by atoms with Gasteiger partial charge in [0.15, 0.2) is 6.23 Å². The number of ether oxygens (including phenoxy) is 1. The van der Waals surface area contributed by atoms with E-state index in [1.165, 1.54) is 0 Å². The third-order valence-electron chi connectivity index (χ3n) is 3.02. The van der Waals surface area contributed by atoms with E-state index < -0.39 is 18.1 Å². The van der Waals surface area contributed by atoms with Crippen molar-refractivity contribution in [3.05, 3.63) is 71.8 Å². The Hall–Kier alpha value is -2.66. The van der Waals surface area contributed by atoms with Gasteiger partial charge in [0.1, 0.15) is 6.42 Å². The van der Waals surface area contributed by atoms with E-state index in [4.69, 9.17) is 10.5 Å². The van der Waals surface area contributed by atoms with Crippen molar-refractivity contribution in [1.29, 1.82) is 0 Å². The average Bonchev–Trinajstić information content (AvgIpc) is 2.54. The van der Waals surface area contributed by atoms with E-state index in [1.807, 2.05) is 36.4 Å². The predicted octanol–water partition coefficient (Wildman–Crippen LogP) is 1.89. The molecule has 0 spiro atoms. The fraction of sp³-hybridized carbons (Fsp3) is 0.176. The largest absolute Gasteiger partial charge is 0.442 e. The molecule has 0 fully saturated rings. The number of carbonyl (C=O) groups excluding carboxylic acids is 2. The molecule has 3 N–H and O–H groups in total. The summed E-state index contributed by atoms with van der Waals surface area (Å²) in [5.41, 5.74) is 7.41. The van der Waals surface area contributed by atoms with Gasteiger partial charge in [-0.3, -0.25) is 15.3 Å². The first-order chi connectivity index (χ1) is 10.6. The van der Waals surface area contributed by atoms with E-state index in [-0.39, 0.29) is 6.42 Å². The van der Waals surface area contributed by atoms with Gasteiger partial charge in [-0.1, -0.05) is 60.7 Å². The number of carbonyl (C=O) groups is 2. The van der Waals surface area contributed by atoms with Crippen LogP contribution >= 0.6 is 0 Å². The number of rotatable bonds is 6. The number of esters is 1. The zero-order valence-corrected chi connectivity index (χ0v) is 12.1. The lowest BCUT2D eigenvalue weighted by atomic mass is 10.2. The Labute approximate surface area is 129 Å². The molecule has 2 aromatic rings. The van der Waals surface area contributed by atoms with Crippen LogP contribution in [0.5, 0.6) is 0 Å². The third-order valence-corrected chi connectivity index (χ3v) is 3.02. The number of nitrogens with one attached hydrogen (secondary N) is 1. The Morgan fingerprint density at radius 2 is 1.59 bits per heavy atom. The van der Waals surface area contributed by atoms with Gasteiger partial charge in [0.25, 0.3) is 0 Å². The van der Waals surface area contributed by atoms with Crippen molar-refractivity contribution in [2.24, 2.45) is 5.73 Å². The predicted molar refractivity (Wildman–Crippen MR) is 82.4 cm³/mol. The fourth-order valence-electron chi connectivity index (χ4n) is 1.88. The average molecular weight is 298 g/mol. The molecule has 5 heteroatoms. The minimum absolute atomic E-state index is 0.354. The van der Waals surface area contributed by atoms with Crippen molar-refractivity contribution >= 4 is 11.9 Å². The molecule has 1 atom stereocenters. The van der Waals surface area contributed by atoms with E-state index in [1.54, 1.807) is 24.3 Å². The first-order valence-corrected chi connectivity index (χ1v) is 6.96. The summed E-state index contributed by atoms with van der Waals surface area (Å²) in [5, 5.41) is 2.66. The van der Waals surface area contributed by atoms with Crippen molar-refractivity contribution in [3.63, 3.8) is 0 Å². The molecular formula is C17H18N2O3. The zero-order chi connectivity index (χ0) is 15.8. The highest BCUT2D eigenvalue weighted by molar-refractivity contribution is 5.94. The summed E-state index contributed by atoms with van der Waals surface area (Å²) in [6.07, 6.45) is -1.22. The summed E-state index contributed by atoms with van der Waals surface area (Å²) in [6.45, 7) is 0.373. The van der Waals surface area contributed by atoms with Crippen molar-refractivity contribution in [1.82, 2.24) is 5.32 Å². The van der Waals surface area contributed by atoms with Crippen LogP contribution < -0.4 is 11.1 Å². The van der Waals surface area contributed by atoms with Crippen LogP contribution in [0.15, 0.2) is 60.7 Å². The summed E-state index contributed by atoms with van der Waals surface area (Å²) in [6, 6.07) is 18.4. The van der Waals surface area contributed by atoms with Crippen molar-refractivity contribution in [2.45, 2.75) is 19.2 Å². The van der Waals surface area contributed by atoms with Crippen LogP contribution in [0, 0.1) is 0 Å². The Morgan fingerprint density at radius 3 is 2.23 bits per heavy atom. The standard InChI is InChI=1S/C17H18N2O3/c18-17(14-9-5-2-6-10-14)22-16(21)11-15(20)19-12-13-7-3-1-4-8-13/h1-10,17H,11-12,18H2,(H,19,20). The van der Waals surface area contributed by atoms with Crippen LogP contribution in [-0.2, 0) is 20.9 Å². The lowest BCUT2D eigenvalue weighted by molar-refractivity contribution is -0.151. The molecule has 2 aromatic carbocycles. The van der Waals surface area contributed by atoms with E-state index in [2.05, 4.69) is 5.32 Å². The second-order valence-corrected chi connectivity index (χ2v) is 4.76. The minimum atomic E-state index is -0.865. The number of hydrogen-bond acceptors (Lipinski definition) is 4. The van der Waals surface area contributed by atoms with Gasteiger partial charge in [0.05, 0.1) is 0 Å². The summed E-state index contributed by atoms with van der Waals surface area (Å²) >= 11 is 0.